The minimum Gasteiger partial charge on any atom is -0.135 e. The van der Waals surface area contributed by atoms with E-state index in [1.807, 2.05) is 19.1 Å². The number of thiophene rings is 1. The summed E-state index contributed by atoms with van der Waals surface area (Å²) in [7, 11) is 0. The summed E-state index contributed by atoms with van der Waals surface area (Å²) in [6.45, 7) is 3.70. The molecular formula is C26H20S. The summed E-state index contributed by atoms with van der Waals surface area (Å²) in [5.74, 6) is 0. The largest absolute Gasteiger partial charge is 0.135 e. The number of fused-ring (bicyclic) bond motifs is 3. The van der Waals surface area contributed by atoms with E-state index in [4.69, 9.17) is 5.48 Å². The van der Waals surface area contributed by atoms with Crippen molar-refractivity contribution in [1.82, 2.24) is 0 Å². The molecule has 0 saturated heterocycles. The Morgan fingerprint density at radius 2 is 1.48 bits per heavy atom. The second-order valence-electron chi connectivity index (χ2n) is 6.76. The quantitative estimate of drug-likeness (QED) is 0.296. The van der Waals surface area contributed by atoms with Crippen LogP contribution in [0.15, 0.2) is 84.8 Å². The van der Waals surface area contributed by atoms with Crippen molar-refractivity contribution in [3.63, 3.8) is 0 Å². The number of benzene rings is 4. The van der Waals surface area contributed by atoms with Crippen molar-refractivity contribution in [2.75, 3.05) is 0 Å². The Morgan fingerprint density at radius 1 is 0.741 bits per heavy atom. The lowest BCUT2D eigenvalue weighted by Gasteiger charge is -2.14. The highest BCUT2D eigenvalue weighted by Crippen LogP contribution is 2.42. The van der Waals surface area contributed by atoms with Gasteiger partial charge in [-0.05, 0) is 53.8 Å². The van der Waals surface area contributed by atoms with Gasteiger partial charge in [0.15, 0.2) is 0 Å². The molecule has 0 nitrogen and oxygen atoms in total. The van der Waals surface area contributed by atoms with Crippen molar-refractivity contribution in [3.05, 3.63) is 96.0 Å². The average molecular weight is 369 g/mol. The topological polar surface area (TPSA) is 0 Å². The smallest absolute Gasteiger partial charge is 0.0632 e. The van der Waals surface area contributed by atoms with Crippen LogP contribution in [0.2, 0.25) is 0 Å². The molecule has 0 fully saturated rings. The first-order valence-electron chi connectivity index (χ1n) is 11.0. The SMILES string of the molecule is [2H]c1c([2H])c(C)c([2H])c(-c2cccc(-c3cccc4sc5ccccc5c34)c2C)c1[2H]. The lowest BCUT2D eigenvalue weighted by Crippen LogP contribution is -1.89. The predicted molar refractivity (Wildman–Crippen MR) is 120 cm³/mol. The van der Waals surface area contributed by atoms with Crippen LogP contribution >= 0.6 is 11.3 Å². The molecule has 0 radical (unpaired) electrons. The molecule has 0 N–H and O–H groups in total. The van der Waals surface area contributed by atoms with Crippen LogP contribution in [-0.2, 0) is 0 Å². The van der Waals surface area contributed by atoms with E-state index in [0.717, 1.165) is 22.3 Å². The summed E-state index contributed by atoms with van der Waals surface area (Å²) in [5, 5.41) is 2.45. The fourth-order valence-corrected chi connectivity index (χ4v) is 4.90. The van der Waals surface area contributed by atoms with Crippen LogP contribution in [0.1, 0.15) is 16.6 Å². The third-order valence-electron chi connectivity index (χ3n) is 5.05. The van der Waals surface area contributed by atoms with E-state index in [2.05, 4.69) is 48.5 Å². The van der Waals surface area contributed by atoms with Gasteiger partial charge in [0.05, 0.1) is 5.48 Å². The van der Waals surface area contributed by atoms with Crippen LogP contribution in [0.4, 0.5) is 0 Å². The van der Waals surface area contributed by atoms with E-state index in [0.29, 0.717) is 11.1 Å². The maximum Gasteiger partial charge on any atom is 0.0632 e. The molecule has 1 heteroatoms. The van der Waals surface area contributed by atoms with Crippen molar-refractivity contribution >= 4 is 31.5 Å². The van der Waals surface area contributed by atoms with E-state index in [9.17, 15) is 0 Å². The van der Waals surface area contributed by atoms with Gasteiger partial charge in [-0.25, -0.2) is 0 Å². The molecule has 0 saturated carbocycles. The van der Waals surface area contributed by atoms with Crippen LogP contribution in [0.3, 0.4) is 0 Å². The molecule has 0 atom stereocenters. The van der Waals surface area contributed by atoms with Crippen molar-refractivity contribution in [2.24, 2.45) is 0 Å². The molecule has 0 unspecified atom stereocenters. The molecule has 130 valence electrons. The molecule has 0 amide bonds. The van der Waals surface area contributed by atoms with Gasteiger partial charge >= 0.3 is 0 Å². The molecule has 0 bridgehead atoms. The van der Waals surface area contributed by atoms with Gasteiger partial charge in [-0.15, -0.1) is 11.3 Å². The zero-order valence-corrected chi connectivity index (χ0v) is 16.0. The summed E-state index contributed by atoms with van der Waals surface area (Å²) >= 11 is 1.78. The van der Waals surface area contributed by atoms with Gasteiger partial charge in [-0.3, -0.25) is 0 Å². The molecule has 4 aromatic carbocycles. The zero-order valence-electron chi connectivity index (χ0n) is 19.2. The molecule has 0 aliphatic carbocycles. The standard InChI is InChI=1S/C26H20S/c1-17-8-5-9-19(16-17)20-11-6-12-21(18(20)2)22-13-7-15-25-26(22)23-10-3-4-14-24(23)27-25/h3-16H,1-2H3/i5D,8D,9D,16D. The summed E-state index contributed by atoms with van der Waals surface area (Å²) in [4.78, 5) is 0. The number of rotatable bonds is 2. The normalized spacial score (nSPS) is 13.4. The zero-order chi connectivity index (χ0) is 21.9. The van der Waals surface area contributed by atoms with E-state index >= 15 is 0 Å². The van der Waals surface area contributed by atoms with Crippen LogP contribution < -0.4 is 0 Å². The van der Waals surface area contributed by atoms with Gasteiger partial charge in [-0.2, -0.15) is 0 Å². The predicted octanol–water partition coefficient (Wildman–Crippen LogP) is 8.01. The Kier molecular flexibility index (Phi) is 2.94. The molecule has 0 aliphatic heterocycles. The molecule has 0 aliphatic rings. The van der Waals surface area contributed by atoms with Gasteiger partial charge < -0.3 is 0 Å². The Labute approximate surface area is 169 Å². The van der Waals surface area contributed by atoms with Crippen molar-refractivity contribution in [3.8, 4) is 22.3 Å². The van der Waals surface area contributed by atoms with E-state index in [1.165, 1.54) is 20.2 Å². The molecule has 1 aromatic heterocycles. The Morgan fingerprint density at radius 3 is 2.41 bits per heavy atom. The maximum atomic E-state index is 8.58. The summed E-state index contributed by atoms with van der Waals surface area (Å²) < 4.78 is 35.7. The van der Waals surface area contributed by atoms with E-state index in [1.54, 1.807) is 18.3 Å². The van der Waals surface area contributed by atoms with Gasteiger partial charge in [0.25, 0.3) is 0 Å². The Bertz CT molecular complexity index is 1470. The monoisotopic (exact) mass is 368 g/mol. The van der Waals surface area contributed by atoms with Crippen molar-refractivity contribution < 1.29 is 5.48 Å². The highest BCUT2D eigenvalue weighted by molar-refractivity contribution is 7.25. The van der Waals surface area contributed by atoms with Crippen LogP contribution in [0, 0.1) is 13.8 Å². The number of hydrogen-bond acceptors (Lipinski definition) is 1. The highest BCUT2D eigenvalue weighted by atomic mass is 32.1. The van der Waals surface area contributed by atoms with Gasteiger partial charge in [0.2, 0.25) is 0 Å². The fraction of sp³-hybridized carbons (Fsp3) is 0.0769. The second-order valence-corrected chi connectivity index (χ2v) is 7.84. The van der Waals surface area contributed by atoms with Crippen molar-refractivity contribution in [2.45, 2.75) is 13.8 Å². The lowest BCUT2D eigenvalue weighted by molar-refractivity contribution is 1.42. The highest BCUT2D eigenvalue weighted by Gasteiger charge is 2.14. The molecule has 1 heterocycles. The minimum atomic E-state index is -0.126. The molecule has 5 aromatic rings. The fourth-order valence-electron chi connectivity index (χ4n) is 3.77. The Hall–Kier alpha value is -2.90. The van der Waals surface area contributed by atoms with E-state index in [-0.39, 0.29) is 24.2 Å². The molecular weight excluding hydrogens is 344 g/mol. The molecule has 0 spiro atoms. The summed E-state index contributed by atoms with van der Waals surface area (Å²) in [6.07, 6.45) is 0. The first kappa shape index (κ1) is 12.5. The van der Waals surface area contributed by atoms with Crippen LogP contribution in [0.5, 0.6) is 0 Å². The number of hydrogen-bond donors (Lipinski definition) is 0. The van der Waals surface area contributed by atoms with Crippen LogP contribution in [-0.4, -0.2) is 0 Å². The van der Waals surface area contributed by atoms with Gasteiger partial charge in [0, 0.05) is 20.2 Å². The second kappa shape index (κ2) is 6.37. The van der Waals surface area contributed by atoms with Gasteiger partial charge in [-0.1, -0.05) is 78.3 Å². The minimum absolute atomic E-state index is 0.0398. The lowest BCUT2D eigenvalue weighted by atomic mass is 9.90. The Balaban J connectivity index is 1.83. The first-order chi connectivity index (χ1) is 14.9. The third kappa shape index (κ3) is 2.67. The molecule has 27 heavy (non-hydrogen) atoms. The first-order valence-corrected chi connectivity index (χ1v) is 9.79. The summed E-state index contributed by atoms with van der Waals surface area (Å²) in [6, 6.07) is 20.7. The summed E-state index contributed by atoms with van der Waals surface area (Å²) in [5.41, 5.74) is 4.81. The van der Waals surface area contributed by atoms with E-state index < -0.39 is 0 Å². The van der Waals surface area contributed by atoms with Crippen molar-refractivity contribution in [1.29, 1.82) is 0 Å². The van der Waals surface area contributed by atoms with Gasteiger partial charge in [0.1, 0.15) is 0 Å². The average Bonchev–Trinajstić information content (AvgIpc) is 3.16. The third-order valence-corrected chi connectivity index (χ3v) is 6.18. The maximum absolute atomic E-state index is 8.58. The van der Waals surface area contributed by atoms with Crippen LogP contribution in [0.25, 0.3) is 42.4 Å². The molecule has 5 rings (SSSR count).